The zero-order valence-electron chi connectivity index (χ0n) is 14.6. The van der Waals surface area contributed by atoms with Gasteiger partial charge in [0.15, 0.2) is 6.29 Å². The predicted molar refractivity (Wildman–Crippen MR) is 109 cm³/mol. The maximum atomic E-state index is 12.9. The van der Waals surface area contributed by atoms with Crippen LogP contribution in [-0.2, 0) is 14.8 Å². The molecule has 1 aliphatic rings. The fraction of sp³-hybridized carbons (Fsp3) is 0.211. The number of aromatic nitrogens is 1. The van der Waals surface area contributed by atoms with Crippen molar-refractivity contribution in [2.45, 2.75) is 4.90 Å². The first-order valence-corrected chi connectivity index (χ1v) is 10.8. The van der Waals surface area contributed by atoms with Crippen LogP contribution in [-0.4, -0.2) is 50.3 Å². The number of aldehydes is 1. The number of benzene rings is 2. The molecule has 1 fully saturated rings. The number of carbonyl (C=O) groups is 1. The summed E-state index contributed by atoms with van der Waals surface area (Å²) < 4.78 is 32.5. The van der Waals surface area contributed by atoms with Crippen LogP contribution >= 0.6 is 23.2 Å². The second-order valence-corrected chi connectivity index (χ2v) is 9.16. The number of hydrogen-bond acceptors (Lipinski definition) is 4. The van der Waals surface area contributed by atoms with E-state index in [4.69, 9.17) is 27.9 Å². The SMILES string of the molecule is O=Cc1c(-c2ccc(Cl)cc2Cl)[nH]c2ccc(S(=O)(=O)N3CCOCC3)cc12. The first-order chi connectivity index (χ1) is 13.4. The summed E-state index contributed by atoms with van der Waals surface area (Å²) in [6.07, 6.45) is 0.699. The van der Waals surface area contributed by atoms with Crippen LogP contribution in [0.2, 0.25) is 10.0 Å². The molecule has 2 aromatic carbocycles. The van der Waals surface area contributed by atoms with Gasteiger partial charge in [-0.15, -0.1) is 0 Å². The van der Waals surface area contributed by atoms with Crippen LogP contribution in [0.3, 0.4) is 0 Å². The molecule has 0 saturated carbocycles. The summed E-state index contributed by atoms with van der Waals surface area (Å²) in [5, 5.41) is 1.39. The van der Waals surface area contributed by atoms with Crippen LogP contribution < -0.4 is 0 Å². The number of sulfonamides is 1. The Hall–Kier alpha value is -1.90. The quantitative estimate of drug-likeness (QED) is 0.624. The van der Waals surface area contributed by atoms with Crippen molar-refractivity contribution in [1.29, 1.82) is 0 Å². The Kier molecular flexibility index (Phi) is 5.20. The molecule has 1 N–H and O–H groups in total. The van der Waals surface area contributed by atoms with E-state index >= 15 is 0 Å². The average Bonchev–Trinajstić information content (AvgIpc) is 3.06. The van der Waals surface area contributed by atoms with Crippen molar-refractivity contribution < 1.29 is 17.9 Å². The summed E-state index contributed by atoms with van der Waals surface area (Å²) in [4.78, 5) is 15.2. The Bertz CT molecular complexity index is 1170. The summed E-state index contributed by atoms with van der Waals surface area (Å²) in [5.41, 5.74) is 2.12. The van der Waals surface area contributed by atoms with Gasteiger partial charge in [0.1, 0.15) is 0 Å². The van der Waals surface area contributed by atoms with Gasteiger partial charge in [0.05, 0.1) is 28.8 Å². The van der Waals surface area contributed by atoms with Gasteiger partial charge >= 0.3 is 0 Å². The van der Waals surface area contributed by atoms with Crippen molar-refractivity contribution in [2.24, 2.45) is 0 Å². The van der Waals surface area contributed by atoms with Crippen LogP contribution in [0.15, 0.2) is 41.3 Å². The minimum absolute atomic E-state index is 0.137. The molecule has 0 spiro atoms. The van der Waals surface area contributed by atoms with Crippen LogP contribution in [0.5, 0.6) is 0 Å². The number of nitrogens with one attached hydrogen (secondary N) is 1. The molecule has 1 saturated heterocycles. The van der Waals surface area contributed by atoms with E-state index in [1.54, 1.807) is 24.3 Å². The van der Waals surface area contributed by atoms with Gasteiger partial charge in [-0.2, -0.15) is 4.31 Å². The number of carbonyl (C=O) groups excluding carboxylic acids is 1. The molecule has 0 bridgehead atoms. The van der Waals surface area contributed by atoms with Crippen molar-refractivity contribution in [1.82, 2.24) is 9.29 Å². The molecule has 9 heteroatoms. The number of aromatic amines is 1. The third-order valence-electron chi connectivity index (χ3n) is 4.74. The average molecular weight is 439 g/mol. The first kappa shape index (κ1) is 19.4. The van der Waals surface area contributed by atoms with E-state index in [9.17, 15) is 13.2 Å². The number of H-pyrrole nitrogens is 1. The largest absolute Gasteiger partial charge is 0.379 e. The van der Waals surface area contributed by atoms with Crippen LogP contribution in [0.4, 0.5) is 0 Å². The zero-order chi connectivity index (χ0) is 19.9. The van der Waals surface area contributed by atoms with E-state index in [1.807, 2.05) is 0 Å². The molecule has 146 valence electrons. The van der Waals surface area contributed by atoms with Crippen LogP contribution in [0.1, 0.15) is 10.4 Å². The molecular weight excluding hydrogens is 423 g/mol. The second kappa shape index (κ2) is 7.50. The molecule has 0 unspecified atom stereocenters. The molecular formula is C19H16Cl2N2O4S. The highest BCUT2D eigenvalue weighted by Crippen LogP contribution is 2.36. The fourth-order valence-electron chi connectivity index (χ4n) is 3.32. The number of ether oxygens (including phenoxy) is 1. The van der Waals surface area contributed by atoms with Gasteiger partial charge in [-0.1, -0.05) is 23.2 Å². The molecule has 6 nitrogen and oxygen atoms in total. The molecule has 1 aromatic heterocycles. The monoisotopic (exact) mass is 438 g/mol. The molecule has 28 heavy (non-hydrogen) atoms. The summed E-state index contributed by atoms with van der Waals surface area (Å²) >= 11 is 12.2. The van der Waals surface area contributed by atoms with Gasteiger partial charge in [-0.3, -0.25) is 4.79 Å². The van der Waals surface area contributed by atoms with Gasteiger partial charge in [0, 0.05) is 40.1 Å². The molecule has 1 aliphatic heterocycles. The lowest BCUT2D eigenvalue weighted by atomic mass is 10.1. The smallest absolute Gasteiger partial charge is 0.243 e. The molecule has 2 heterocycles. The van der Waals surface area contributed by atoms with Gasteiger partial charge < -0.3 is 9.72 Å². The summed E-state index contributed by atoms with van der Waals surface area (Å²) in [5.74, 6) is 0. The summed E-state index contributed by atoms with van der Waals surface area (Å²) in [7, 11) is -3.67. The van der Waals surface area contributed by atoms with E-state index in [0.717, 1.165) is 0 Å². The third-order valence-corrected chi connectivity index (χ3v) is 7.18. The van der Waals surface area contributed by atoms with Crippen molar-refractivity contribution >= 4 is 50.4 Å². The van der Waals surface area contributed by atoms with Crippen molar-refractivity contribution in [3.05, 3.63) is 52.0 Å². The van der Waals surface area contributed by atoms with Crippen molar-refractivity contribution in [2.75, 3.05) is 26.3 Å². The molecule has 0 aliphatic carbocycles. The molecule has 0 amide bonds. The summed E-state index contributed by atoms with van der Waals surface area (Å²) in [6.45, 7) is 1.34. The van der Waals surface area contributed by atoms with Crippen molar-refractivity contribution in [3.63, 3.8) is 0 Å². The van der Waals surface area contributed by atoms with E-state index in [2.05, 4.69) is 4.98 Å². The maximum absolute atomic E-state index is 12.9. The molecule has 4 rings (SSSR count). The maximum Gasteiger partial charge on any atom is 0.243 e. The van der Waals surface area contributed by atoms with Crippen LogP contribution in [0.25, 0.3) is 22.2 Å². The van der Waals surface area contributed by atoms with E-state index in [-0.39, 0.29) is 4.90 Å². The molecule has 0 radical (unpaired) electrons. The number of nitrogens with zero attached hydrogens (tertiary/aromatic N) is 1. The fourth-order valence-corrected chi connectivity index (χ4v) is 5.25. The van der Waals surface area contributed by atoms with Gasteiger partial charge in [0.25, 0.3) is 0 Å². The first-order valence-electron chi connectivity index (χ1n) is 8.56. The summed E-state index contributed by atoms with van der Waals surface area (Å²) in [6, 6.07) is 9.69. The Morgan fingerprint density at radius 1 is 1.07 bits per heavy atom. The van der Waals surface area contributed by atoms with Crippen molar-refractivity contribution in [3.8, 4) is 11.3 Å². The van der Waals surface area contributed by atoms with Gasteiger partial charge in [-0.25, -0.2) is 8.42 Å². The number of halogens is 2. The second-order valence-electron chi connectivity index (χ2n) is 6.38. The minimum Gasteiger partial charge on any atom is -0.379 e. The predicted octanol–water partition coefficient (Wildman–Crippen LogP) is 3.98. The highest BCUT2D eigenvalue weighted by atomic mass is 35.5. The lowest BCUT2D eigenvalue weighted by molar-refractivity contribution is 0.0730. The Balaban J connectivity index is 1.85. The Morgan fingerprint density at radius 3 is 2.50 bits per heavy atom. The van der Waals surface area contributed by atoms with Gasteiger partial charge in [0.2, 0.25) is 10.0 Å². The standard InChI is InChI=1S/C19H16Cl2N2O4S/c20-12-1-3-14(17(21)9-12)19-16(11-24)15-10-13(2-4-18(15)22-19)28(25,26)23-5-7-27-8-6-23/h1-4,9-11,22H,5-8H2. The van der Waals surface area contributed by atoms with Crippen LogP contribution in [0, 0.1) is 0 Å². The lowest BCUT2D eigenvalue weighted by Gasteiger charge is -2.26. The van der Waals surface area contributed by atoms with Gasteiger partial charge in [-0.05, 0) is 36.4 Å². The normalized spacial score (nSPS) is 15.8. The van der Waals surface area contributed by atoms with E-state index < -0.39 is 10.0 Å². The van der Waals surface area contributed by atoms with E-state index in [1.165, 1.54) is 16.4 Å². The number of rotatable bonds is 4. The molecule has 0 atom stereocenters. The Morgan fingerprint density at radius 2 is 1.82 bits per heavy atom. The highest BCUT2D eigenvalue weighted by Gasteiger charge is 2.27. The number of fused-ring (bicyclic) bond motifs is 1. The van der Waals surface area contributed by atoms with E-state index in [0.29, 0.717) is 70.4 Å². The topological polar surface area (TPSA) is 79.5 Å². The zero-order valence-corrected chi connectivity index (χ0v) is 16.9. The lowest BCUT2D eigenvalue weighted by Crippen LogP contribution is -2.40. The molecule has 3 aromatic rings. The third kappa shape index (κ3) is 3.33. The Labute approximate surface area is 172 Å². The highest BCUT2D eigenvalue weighted by molar-refractivity contribution is 7.89. The number of morpholine rings is 1. The minimum atomic E-state index is -3.67. The number of hydrogen-bond donors (Lipinski definition) is 1.